The Hall–Kier alpha value is -1.61. The summed E-state index contributed by atoms with van der Waals surface area (Å²) in [5, 5.41) is 8.62. The lowest BCUT2D eigenvalue weighted by Gasteiger charge is -2.09. The van der Waals surface area contributed by atoms with Crippen LogP contribution in [0.4, 0.5) is 0 Å². The van der Waals surface area contributed by atoms with Gasteiger partial charge in [0.15, 0.2) is 5.78 Å². The minimum absolute atomic E-state index is 0.0472. The van der Waals surface area contributed by atoms with Crippen LogP contribution in [0.15, 0.2) is 30.8 Å². The van der Waals surface area contributed by atoms with Gasteiger partial charge in [-0.15, -0.1) is 0 Å². The predicted octanol–water partition coefficient (Wildman–Crippen LogP) is 2.65. The third-order valence-electron chi connectivity index (χ3n) is 2.44. The molecular weight excluding hydrogens is 216 g/mol. The molecule has 0 aliphatic rings. The van der Waals surface area contributed by atoms with Crippen molar-refractivity contribution in [3.05, 3.63) is 42.0 Å². The van der Waals surface area contributed by atoms with Crippen LogP contribution < -0.4 is 0 Å². The molecule has 0 unspecified atom stereocenters. The summed E-state index contributed by atoms with van der Waals surface area (Å²) in [6, 6.07) is 7.18. The Morgan fingerprint density at radius 2 is 1.82 bits per heavy atom. The first-order valence-electron chi connectivity index (χ1n) is 5.69. The van der Waals surface area contributed by atoms with E-state index in [0.29, 0.717) is 17.9 Å². The Morgan fingerprint density at radius 3 is 2.35 bits per heavy atom. The first-order chi connectivity index (χ1) is 8.15. The normalized spacial score (nSPS) is 10.0. The summed E-state index contributed by atoms with van der Waals surface area (Å²) in [6.45, 7) is 6.10. The van der Waals surface area contributed by atoms with E-state index in [-0.39, 0.29) is 12.4 Å². The van der Waals surface area contributed by atoms with E-state index in [9.17, 15) is 4.79 Å². The second-order valence-corrected chi connectivity index (χ2v) is 3.84. The van der Waals surface area contributed by atoms with E-state index in [4.69, 9.17) is 9.84 Å². The molecule has 0 bridgehead atoms. The van der Waals surface area contributed by atoms with Crippen molar-refractivity contribution >= 4 is 11.5 Å². The lowest BCUT2D eigenvalue weighted by Crippen LogP contribution is -1.97. The molecule has 1 N–H and O–H groups in total. The van der Waals surface area contributed by atoms with Gasteiger partial charge in [0.05, 0.1) is 6.61 Å². The zero-order chi connectivity index (χ0) is 12.7. The number of ether oxygens (including phenoxy) is 1. The van der Waals surface area contributed by atoms with E-state index >= 15 is 0 Å². The lowest BCUT2D eigenvalue weighted by atomic mass is 10.1. The van der Waals surface area contributed by atoms with Crippen LogP contribution in [0, 0.1) is 0 Å². The molecule has 0 aliphatic carbocycles. The maximum absolute atomic E-state index is 11.1. The third kappa shape index (κ3) is 4.41. The number of ketones is 1. The van der Waals surface area contributed by atoms with Crippen LogP contribution in [-0.2, 0) is 4.74 Å². The number of benzene rings is 1. The molecule has 3 nitrogen and oxygen atoms in total. The average molecular weight is 234 g/mol. The van der Waals surface area contributed by atoms with Crippen molar-refractivity contribution in [2.45, 2.75) is 19.8 Å². The average Bonchev–Trinajstić information content (AvgIpc) is 2.34. The fraction of sp³-hybridized carbons (Fsp3) is 0.357. The standard InChI is InChI=1S/C14H18O3/c1-11(16)13-5-7-14(8-6-13)12(2)17-10-4-3-9-15/h5-8,15H,2-4,9-10H2,1H3. The molecule has 1 aromatic rings. The minimum Gasteiger partial charge on any atom is -0.494 e. The van der Waals surface area contributed by atoms with Gasteiger partial charge in [0.25, 0.3) is 0 Å². The highest BCUT2D eigenvalue weighted by Gasteiger charge is 2.02. The number of Topliss-reactive ketones (excluding diaryl/α,β-unsaturated/α-hetero) is 1. The van der Waals surface area contributed by atoms with Gasteiger partial charge in [0.2, 0.25) is 0 Å². The number of rotatable bonds is 7. The molecule has 0 aromatic heterocycles. The Balaban J connectivity index is 2.49. The summed E-state index contributed by atoms with van der Waals surface area (Å²) < 4.78 is 5.44. The molecule has 1 rings (SSSR count). The van der Waals surface area contributed by atoms with E-state index in [0.717, 1.165) is 18.4 Å². The Morgan fingerprint density at radius 1 is 1.24 bits per heavy atom. The molecule has 0 heterocycles. The number of hydrogen-bond acceptors (Lipinski definition) is 3. The largest absolute Gasteiger partial charge is 0.494 e. The molecule has 0 fully saturated rings. The third-order valence-corrected chi connectivity index (χ3v) is 2.44. The molecule has 0 spiro atoms. The maximum Gasteiger partial charge on any atom is 0.159 e. The SMILES string of the molecule is C=C(OCCCCO)c1ccc(C(C)=O)cc1. The van der Waals surface area contributed by atoms with Crippen molar-refractivity contribution in [1.29, 1.82) is 0 Å². The smallest absolute Gasteiger partial charge is 0.159 e. The maximum atomic E-state index is 11.1. The highest BCUT2D eigenvalue weighted by Crippen LogP contribution is 2.15. The predicted molar refractivity (Wildman–Crippen MR) is 67.8 cm³/mol. The Kier molecular flexibility index (Phi) is 5.43. The Labute approximate surface area is 102 Å². The van der Waals surface area contributed by atoms with Gasteiger partial charge in [0.1, 0.15) is 5.76 Å². The van der Waals surface area contributed by atoms with Gasteiger partial charge in [-0.25, -0.2) is 0 Å². The zero-order valence-corrected chi connectivity index (χ0v) is 10.1. The second-order valence-electron chi connectivity index (χ2n) is 3.84. The molecule has 17 heavy (non-hydrogen) atoms. The molecule has 1 aromatic carbocycles. The molecule has 0 aliphatic heterocycles. The number of aliphatic hydroxyl groups is 1. The first-order valence-corrected chi connectivity index (χ1v) is 5.69. The van der Waals surface area contributed by atoms with E-state index in [1.165, 1.54) is 6.92 Å². The molecular formula is C14H18O3. The first kappa shape index (κ1) is 13.5. The van der Waals surface area contributed by atoms with Crippen molar-refractivity contribution in [1.82, 2.24) is 0 Å². The molecule has 0 atom stereocenters. The Bertz CT molecular complexity index is 379. The lowest BCUT2D eigenvalue weighted by molar-refractivity contribution is 0.101. The van der Waals surface area contributed by atoms with Crippen LogP contribution in [0.2, 0.25) is 0 Å². The topological polar surface area (TPSA) is 46.5 Å². The fourth-order valence-corrected chi connectivity index (χ4v) is 1.38. The van der Waals surface area contributed by atoms with Gasteiger partial charge >= 0.3 is 0 Å². The molecule has 0 amide bonds. The molecule has 92 valence electrons. The van der Waals surface area contributed by atoms with Crippen molar-refractivity contribution in [3.8, 4) is 0 Å². The number of hydrogen-bond donors (Lipinski definition) is 1. The minimum atomic E-state index is 0.0472. The fourth-order valence-electron chi connectivity index (χ4n) is 1.38. The van der Waals surface area contributed by atoms with Crippen LogP contribution in [0.3, 0.4) is 0 Å². The molecule has 0 saturated carbocycles. The summed E-state index contributed by atoms with van der Waals surface area (Å²) in [5.41, 5.74) is 1.56. The van der Waals surface area contributed by atoms with Crippen molar-refractivity contribution in [2.75, 3.05) is 13.2 Å². The summed E-state index contributed by atoms with van der Waals surface area (Å²) in [4.78, 5) is 11.1. The number of aliphatic hydroxyl groups excluding tert-OH is 1. The monoisotopic (exact) mass is 234 g/mol. The highest BCUT2D eigenvalue weighted by molar-refractivity contribution is 5.94. The van der Waals surface area contributed by atoms with E-state index in [1.54, 1.807) is 12.1 Å². The number of carbonyl (C=O) groups is 1. The molecule has 0 radical (unpaired) electrons. The van der Waals surface area contributed by atoms with Crippen molar-refractivity contribution < 1.29 is 14.6 Å². The van der Waals surface area contributed by atoms with E-state index < -0.39 is 0 Å². The van der Waals surface area contributed by atoms with Crippen LogP contribution in [-0.4, -0.2) is 24.1 Å². The van der Waals surface area contributed by atoms with Gasteiger partial charge in [-0.1, -0.05) is 30.8 Å². The summed E-state index contributed by atoms with van der Waals surface area (Å²) in [5.74, 6) is 0.643. The van der Waals surface area contributed by atoms with Crippen molar-refractivity contribution in [2.24, 2.45) is 0 Å². The molecule has 0 saturated heterocycles. The van der Waals surface area contributed by atoms with Crippen LogP contribution >= 0.6 is 0 Å². The zero-order valence-electron chi connectivity index (χ0n) is 10.1. The van der Waals surface area contributed by atoms with Crippen LogP contribution in [0.25, 0.3) is 5.76 Å². The second kappa shape index (κ2) is 6.86. The summed E-state index contributed by atoms with van der Waals surface area (Å²) >= 11 is 0. The van der Waals surface area contributed by atoms with Crippen LogP contribution in [0.1, 0.15) is 35.7 Å². The molecule has 3 heteroatoms. The van der Waals surface area contributed by atoms with Gasteiger partial charge in [-0.05, 0) is 19.8 Å². The summed E-state index contributed by atoms with van der Waals surface area (Å²) in [7, 11) is 0. The van der Waals surface area contributed by atoms with Gasteiger partial charge in [0, 0.05) is 17.7 Å². The van der Waals surface area contributed by atoms with Crippen LogP contribution in [0.5, 0.6) is 0 Å². The number of unbranched alkanes of at least 4 members (excludes halogenated alkanes) is 1. The van der Waals surface area contributed by atoms with Gasteiger partial charge in [-0.3, -0.25) is 4.79 Å². The van der Waals surface area contributed by atoms with Gasteiger partial charge in [-0.2, -0.15) is 0 Å². The summed E-state index contributed by atoms with van der Waals surface area (Å²) in [6.07, 6.45) is 1.54. The highest BCUT2D eigenvalue weighted by atomic mass is 16.5. The van der Waals surface area contributed by atoms with Crippen molar-refractivity contribution in [3.63, 3.8) is 0 Å². The number of carbonyl (C=O) groups excluding carboxylic acids is 1. The van der Waals surface area contributed by atoms with E-state index in [1.807, 2.05) is 12.1 Å². The quantitative estimate of drug-likeness (QED) is 0.448. The van der Waals surface area contributed by atoms with Gasteiger partial charge < -0.3 is 9.84 Å². The van der Waals surface area contributed by atoms with E-state index in [2.05, 4.69) is 6.58 Å².